The molecule has 3 rings (SSSR count). The molecule has 2 N–H and O–H groups in total. The summed E-state index contributed by atoms with van der Waals surface area (Å²) in [5.41, 5.74) is 8.32. The summed E-state index contributed by atoms with van der Waals surface area (Å²) in [4.78, 5) is 0. The Morgan fingerprint density at radius 3 is 2.94 bits per heavy atom. The van der Waals surface area contributed by atoms with Gasteiger partial charge >= 0.3 is 0 Å². The molecule has 0 aliphatic carbocycles. The number of aryl methyl sites for hydroxylation is 1. The number of fused-ring (bicyclic) bond motifs is 1. The molecule has 0 fully saturated rings. The van der Waals surface area contributed by atoms with E-state index in [2.05, 4.69) is 32.3 Å². The second kappa shape index (κ2) is 4.37. The van der Waals surface area contributed by atoms with Crippen molar-refractivity contribution in [3.8, 4) is 5.75 Å². The van der Waals surface area contributed by atoms with E-state index in [-0.39, 0.29) is 12.1 Å². The van der Waals surface area contributed by atoms with Crippen LogP contribution >= 0.6 is 15.9 Å². The van der Waals surface area contributed by atoms with Crippen molar-refractivity contribution in [3.05, 3.63) is 40.1 Å². The molecule has 5 nitrogen and oxygen atoms in total. The summed E-state index contributed by atoms with van der Waals surface area (Å²) >= 11 is 3.37. The van der Waals surface area contributed by atoms with E-state index in [4.69, 9.17) is 10.5 Å². The fourth-order valence-corrected chi connectivity index (χ4v) is 2.87. The molecule has 0 amide bonds. The number of para-hydroxylation sites is 1. The van der Waals surface area contributed by atoms with Crippen molar-refractivity contribution in [3.63, 3.8) is 0 Å². The molecule has 1 aromatic carbocycles. The van der Waals surface area contributed by atoms with Crippen LogP contribution < -0.4 is 10.5 Å². The molecule has 0 bridgehead atoms. The Bertz CT molecular complexity index is 539. The molecular weight excluding hydrogens is 296 g/mol. The molecule has 1 aliphatic heterocycles. The first-order valence-corrected chi connectivity index (χ1v) is 6.51. The first-order valence-electron chi connectivity index (χ1n) is 5.72. The van der Waals surface area contributed by atoms with Gasteiger partial charge in [-0.25, -0.2) is 4.68 Å². The minimum atomic E-state index is -0.258. The predicted octanol–water partition coefficient (Wildman–Crippen LogP) is 1.58. The van der Waals surface area contributed by atoms with Gasteiger partial charge in [0.05, 0.1) is 11.7 Å². The van der Waals surface area contributed by atoms with Crippen molar-refractivity contribution in [2.24, 2.45) is 12.8 Å². The van der Waals surface area contributed by atoms with Crippen LogP contribution in [0.4, 0.5) is 0 Å². The fourth-order valence-electron chi connectivity index (χ4n) is 2.28. The number of aromatic nitrogens is 3. The van der Waals surface area contributed by atoms with Gasteiger partial charge < -0.3 is 10.5 Å². The number of hydrogen-bond acceptors (Lipinski definition) is 4. The third kappa shape index (κ3) is 1.81. The molecule has 18 heavy (non-hydrogen) atoms. The minimum absolute atomic E-state index is 0.0732. The summed E-state index contributed by atoms with van der Waals surface area (Å²) in [5, 5.41) is 7.89. The smallest absolute Gasteiger partial charge is 0.153 e. The van der Waals surface area contributed by atoms with Gasteiger partial charge in [-0.2, -0.15) is 0 Å². The summed E-state index contributed by atoms with van der Waals surface area (Å²) < 4.78 is 8.25. The lowest BCUT2D eigenvalue weighted by Gasteiger charge is -2.19. The van der Waals surface area contributed by atoms with E-state index in [9.17, 15) is 0 Å². The Balaban J connectivity index is 1.87. The van der Waals surface area contributed by atoms with Gasteiger partial charge in [0.1, 0.15) is 11.9 Å². The second-order valence-electron chi connectivity index (χ2n) is 4.38. The summed E-state index contributed by atoms with van der Waals surface area (Å²) in [6.07, 6.45) is 0.741. The van der Waals surface area contributed by atoms with Gasteiger partial charge in [-0.15, -0.1) is 5.10 Å². The SMILES string of the molecule is Cn1nnc(Br)c1C(N)C1Cc2ccccc2O1. The summed E-state index contributed by atoms with van der Waals surface area (Å²) in [5.74, 6) is 0.921. The van der Waals surface area contributed by atoms with Gasteiger partial charge in [0, 0.05) is 13.5 Å². The molecule has 0 spiro atoms. The van der Waals surface area contributed by atoms with Crippen LogP contribution in [-0.2, 0) is 13.5 Å². The maximum absolute atomic E-state index is 6.27. The number of rotatable bonds is 2. The molecule has 1 aromatic heterocycles. The maximum Gasteiger partial charge on any atom is 0.153 e. The molecule has 0 saturated carbocycles. The van der Waals surface area contributed by atoms with Crippen LogP contribution in [0, 0.1) is 0 Å². The average molecular weight is 309 g/mol. The predicted molar refractivity (Wildman–Crippen MR) is 70.2 cm³/mol. The molecule has 2 unspecified atom stereocenters. The van der Waals surface area contributed by atoms with Gasteiger partial charge in [-0.3, -0.25) is 0 Å². The van der Waals surface area contributed by atoms with Crippen molar-refractivity contribution >= 4 is 15.9 Å². The second-order valence-corrected chi connectivity index (χ2v) is 5.13. The summed E-state index contributed by atoms with van der Waals surface area (Å²) in [6.45, 7) is 0. The van der Waals surface area contributed by atoms with Crippen molar-refractivity contribution in [2.75, 3.05) is 0 Å². The number of nitrogens with zero attached hydrogens (tertiary/aromatic N) is 3. The number of nitrogens with two attached hydrogens (primary N) is 1. The number of ether oxygens (including phenoxy) is 1. The van der Waals surface area contributed by atoms with Crippen LogP contribution in [0.3, 0.4) is 0 Å². The van der Waals surface area contributed by atoms with Gasteiger partial charge in [0.25, 0.3) is 0 Å². The first kappa shape index (κ1) is 11.7. The third-order valence-corrected chi connectivity index (χ3v) is 3.78. The highest BCUT2D eigenvalue weighted by molar-refractivity contribution is 9.10. The van der Waals surface area contributed by atoms with Gasteiger partial charge in [-0.05, 0) is 27.6 Å². The lowest BCUT2D eigenvalue weighted by Crippen LogP contribution is -2.31. The lowest BCUT2D eigenvalue weighted by atomic mass is 10.0. The zero-order chi connectivity index (χ0) is 12.7. The molecular formula is C12H13BrN4O. The minimum Gasteiger partial charge on any atom is -0.488 e. The third-order valence-electron chi connectivity index (χ3n) is 3.22. The standard InChI is InChI=1S/C12H13BrN4O/c1-17-11(12(13)15-16-17)10(14)9-6-7-4-2-3-5-8(7)18-9/h2-5,9-10H,6,14H2,1H3. The van der Waals surface area contributed by atoms with E-state index in [1.807, 2.05) is 25.2 Å². The highest BCUT2D eigenvalue weighted by atomic mass is 79.9. The average Bonchev–Trinajstić information content (AvgIpc) is 2.92. The summed E-state index contributed by atoms with van der Waals surface area (Å²) in [6, 6.07) is 7.76. The van der Waals surface area contributed by atoms with Crippen LogP contribution in [0.2, 0.25) is 0 Å². The molecule has 0 radical (unpaired) electrons. The monoisotopic (exact) mass is 308 g/mol. The zero-order valence-corrected chi connectivity index (χ0v) is 11.5. The molecule has 94 valence electrons. The summed E-state index contributed by atoms with van der Waals surface area (Å²) in [7, 11) is 1.83. The largest absolute Gasteiger partial charge is 0.488 e. The van der Waals surface area contributed by atoms with Crippen LogP contribution in [-0.4, -0.2) is 21.1 Å². The van der Waals surface area contributed by atoms with E-state index in [1.165, 1.54) is 5.56 Å². The van der Waals surface area contributed by atoms with Crippen LogP contribution in [0.5, 0.6) is 5.75 Å². The number of benzene rings is 1. The molecule has 2 atom stereocenters. The Kier molecular flexibility index (Phi) is 2.83. The topological polar surface area (TPSA) is 66.0 Å². The van der Waals surface area contributed by atoms with Crippen molar-refractivity contribution in [1.82, 2.24) is 15.0 Å². The molecule has 0 saturated heterocycles. The fraction of sp³-hybridized carbons (Fsp3) is 0.333. The van der Waals surface area contributed by atoms with Crippen LogP contribution in [0.25, 0.3) is 0 Å². The van der Waals surface area contributed by atoms with Crippen LogP contribution in [0.1, 0.15) is 17.3 Å². The van der Waals surface area contributed by atoms with Gasteiger partial charge in [-0.1, -0.05) is 23.4 Å². The first-order chi connectivity index (χ1) is 8.66. The number of hydrogen-bond donors (Lipinski definition) is 1. The molecule has 2 heterocycles. The Morgan fingerprint density at radius 1 is 1.50 bits per heavy atom. The lowest BCUT2D eigenvalue weighted by molar-refractivity contribution is 0.195. The Hall–Kier alpha value is -1.40. The molecule has 1 aliphatic rings. The zero-order valence-electron chi connectivity index (χ0n) is 9.88. The van der Waals surface area contributed by atoms with Gasteiger partial charge in [0.2, 0.25) is 0 Å². The quantitative estimate of drug-likeness (QED) is 0.915. The molecule has 6 heteroatoms. The Morgan fingerprint density at radius 2 is 2.28 bits per heavy atom. The highest BCUT2D eigenvalue weighted by Gasteiger charge is 2.32. The highest BCUT2D eigenvalue weighted by Crippen LogP contribution is 2.34. The Labute approximate surface area is 113 Å². The molecule has 2 aromatic rings. The van der Waals surface area contributed by atoms with E-state index >= 15 is 0 Å². The normalized spacial score (nSPS) is 19.4. The van der Waals surface area contributed by atoms with E-state index < -0.39 is 0 Å². The van der Waals surface area contributed by atoms with E-state index in [0.29, 0.717) is 4.60 Å². The number of halogens is 1. The van der Waals surface area contributed by atoms with Crippen molar-refractivity contribution in [2.45, 2.75) is 18.6 Å². The van der Waals surface area contributed by atoms with Crippen LogP contribution in [0.15, 0.2) is 28.9 Å². The maximum atomic E-state index is 6.27. The van der Waals surface area contributed by atoms with E-state index in [1.54, 1.807) is 4.68 Å². The van der Waals surface area contributed by atoms with Gasteiger partial charge in [0.15, 0.2) is 4.60 Å². The van der Waals surface area contributed by atoms with E-state index in [0.717, 1.165) is 17.9 Å². The van der Waals surface area contributed by atoms with Crippen molar-refractivity contribution in [1.29, 1.82) is 0 Å². The van der Waals surface area contributed by atoms with Crippen molar-refractivity contribution < 1.29 is 4.74 Å².